The molecule has 0 radical (unpaired) electrons. The predicted molar refractivity (Wildman–Crippen MR) is 118 cm³/mol. The molecule has 1 saturated heterocycles. The maximum atomic E-state index is 13.1. The normalized spacial score (nSPS) is 14.5. The number of nitrogens with one attached hydrogen (secondary N) is 1. The zero-order valence-corrected chi connectivity index (χ0v) is 18.1. The van der Waals surface area contributed by atoms with E-state index in [4.69, 9.17) is 27.9 Å². The summed E-state index contributed by atoms with van der Waals surface area (Å²) in [5.74, 6) is 0.535. The molecule has 0 saturated carbocycles. The number of aromatic nitrogens is 2. The number of amides is 1. The third kappa shape index (κ3) is 4.31. The highest BCUT2D eigenvalue weighted by Crippen LogP contribution is 2.32. The summed E-state index contributed by atoms with van der Waals surface area (Å²) in [6, 6.07) is 12.7. The van der Waals surface area contributed by atoms with E-state index in [1.165, 1.54) is 6.42 Å². The molecule has 0 unspecified atom stereocenters. The van der Waals surface area contributed by atoms with E-state index in [0.717, 1.165) is 37.2 Å². The first kappa shape index (κ1) is 20.7. The molecular formula is C22H22Cl2N4O2. The van der Waals surface area contributed by atoms with E-state index in [2.05, 4.69) is 10.5 Å². The molecule has 2 heterocycles. The Bertz CT molecular complexity index is 1040. The Hall–Kier alpha value is -2.54. The highest BCUT2D eigenvalue weighted by Gasteiger charge is 2.23. The molecule has 6 nitrogen and oxygen atoms in total. The quantitative estimate of drug-likeness (QED) is 0.602. The lowest BCUT2D eigenvalue weighted by Crippen LogP contribution is -2.45. The second-order valence-electron chi connectivity index (χ2n) is 7.13. The number of rotatable bonds is 5. The number of piperidine rings is 1. The minimum atomic E-state index is -0.195. The summed E-state index contributed by atoms with van der Waals surface area (Å²) in [5.41, 5.74) is 5.60. The molecule has 8 heteroatoms. The number of hydrazine groups is 1. The Balaban J connectivity index is 1.77. The molecule has 0 spiro atoms. The summed E-state index contributed by atoms with van der Waals surface area (Å²) in [6.07, 6.45) is 4.91. The molecule has 1 N–H and O–H groups in total. The van der Waals surface area contributed by atoms with Gasteiger partial charge in [0.25, 0.3) is 5.91 Å². The van der Waals surface area contributed by atoms with E-state index >= 15 is 0 Å². The van der Waals surface area contributed by atoms with Gasteiger partial charge in [-0.05, 0) is 55.3 Å². The van der Waals surface area contributed by atoms with Crippen molar-refractivity contribution in [1.82, 2.24) is 20.2 Å². The molecule has 1 aliphatic rings. The van der Waals surface area contributed by atoms with Crippen LogP contribution < -0.4 is 10.2 Å². The van der Waals surface area contributed by atoms with Crippen LogP contribution in [-0.2, 0) is 0 Å². The van der Waals surface area contributed by atoms with Crippen LogP contribution in [0.5, 0.6) is 5.75 Å². The van der Waals surface area contributed by atoms with Crippen molar-refractivity contribution < 1.29 is 9.53 Å². The van der Waals surface area contributed by atoms with Gasteiger partial charge in [0, 0.05) is 23.7 Å². The van der Waals surface area contributed by atoms with Crippen molar-refractivity contribution in [1.29, 1.82) is 0 Å². The van der Waals surface area contributed by atoms with Gasteiger partial charge in [-0.1, -0.05) is 29.6 Å². The topological polar surface area (TPSA) is 59.4 Å². The number of nitrogens with zero attached hydrogens (tertiary/aromatic N) is 3. The first-order valence-electron chi connectivity index (χ1n) is 9.80. The molecule has 2 aromatic carbocycles. The Morgan fingerprint density at radius 3 is 2.47 bits per heavy atom. The van der Waals surface area contributed by atoms with E-state index in [1.807, 2.05) is 29.3 Å². The van der Waals surface area contributed by atoms with Crippen LogP contribution in [0.3, 0.4) is 0 Å². The minimum Gasteiger partial charge on any atom is -0.497 e. The van der Waals surface area contributed by atoms with Gasteiger partial charge in [0.15, 0.2) is 0 Å². The van der Waals surface area contributed by atoms with Gasteiger partial charge in [0.1, 0.15) is 5.75 Å². The summed E-state index contributed by atoms with van der Waals surface area (Å²) < 4.78 is 6.94. The van der Waals surface area contributed by atoms with Crippen molar-refractivity contribution in [2.45, 2.75) is 19.3 Å². The van der Waals surface area contributed by atoms with E-state index in [0.29, 0.717) is 27.0 Å². The maximum Gasteiger partial charge on any atom is 0.269 e. The van der Waals surface area contributed by atoms with Gasteiger partial charge in [-0.3, -0.25) is 10.2 Å². The van der Waals surface area contributed by atoms with Gasteiger partial charge in [-0.25, -0.2) is 9.69 Å². The third-order valence-corrected chi connectivity index (χ3v) is 5.67. The van der Waals surface area contributed by atoms with Gasteiger partial charge >= 0.3 is 0 Å². The maximum absolute atomic E-state index is 13.1. The zero-order valence-electron chi connectivity index (χ0n) is 16.6. The van der Waals surface area contributed by atoms with Crippen LogP contribution in [0.25, 0.3) is 16.9 Å². The SMILES string of the molecule is COc1ccc(-c2c(C(=O)NN3CCCCC3)cnn2-c2ccc(Cl)cc2Cl)cc1. The van der Waals surface area contributed by atoms with Gasteiger partial charge in [0.05, 0.1) is 35.3 Å². The summed E-state index contributed by atoms with van der Waals surface area (Å²) in [4.78, 5) is 13.1. The Labute approximate surface area is 185 Å². The van der Waals surface area contributed by atoms with Crippen LogP contribution in [0, 0.1) is 0 Å². The second kappa shape index (κ2) is 9.08. The molecule has 0 atom stereocenters. The second-order valence-corrected chi connectivity index (χ2v) is 7.98. The predicted octanol–water partition coefficient (Wildman–Crippen LogP) is 4.99. The number of halogens is 2. The minimum absolute atomic E-state index is 0.195. The average molecular weight is 445 g/mol. The molecule has 4 rings (SSSR count). The summed E-state index contributed by atoms with van der Waals surface area (Å²) in [6.45, 7) is 1.70. The summed E-state index contributed by atoms with van der Waals surface area (Å²) >= 11 is 12.5. The van der Waals surface area contributed by atoms with Crippen LogP contribution in [0.15, 0.2) is 48.7 Å². The van der Waals surface area contributed by atoms with E-state index in [-0.39, 0.29) is 5.91 Å². The summed E-state index contributed by atoms with van der Waals surface area (Å²) in [7, 11) is 1.62. The molecule has 1 amide bonds. The van der Waals surface area contributed by atoms with Crippen molar-refractivity contribution >= 4 is 29.1 Å². The molecule has 1 fully saturated rings. The summed E-state index contributed by atoms with van der Waals surface area (Å²) in [5, 5.41) is 7.44. The number of methoxy groups -OCH3 is 1. The molecule has 1 aliphatic heterocycles. The fraction of sp³-hybridized carbons (Fsp3) is 0.273. The van der Waals surface area contributed by atoms with Crippen molar-refractivity contribution in [3.63, 3.8) is 0 Å². The molecule has 0 aliphatic carbocycles. The molecular weight excluding hydrogens is 423 g/mol. The molecule has 1 aromatic heterocycles. The van der Waals surface area contributed by atoms with Crippen molar-refractivity contribution in [2.75, 3.05) is 20.2 Å². The smallest absolute Gasteiger partial charge is 0.269 e. The lowest BCUT2D eigenvalue weighted by Gasteiger charge is -2.26. The van der Waals surface area contributed by atoms with Gasteiger partial charge in [0.2, 0.25) is 0 Å². The van der Waals surface area contributed by atoms with Crippen molar-refractivity contribution in [3.05, 3.63) is 64.3 Å². The fourth-order valence-electron chi connectivity index (χ4n) is 3.59. The average Bonchev–Trinajstić information content (AvgIpc) is 3.19. The molecule has 30 heavy (non-hydrogen) atoms. The number of hydrogen-bond acceptors (Lipinski definition) is 4. The van der Waals surface area contributed by atoms with E-state index in [9.17, 15) is 4.79 Å². The number of benzene rings is 2. The van der Waals surface area contributed by atoms with Crippen LogP contribution in [0.2, 0.25) is 10.0 Å². The van der Waals surface area contributed by atoms with Gasteiger partial charge in [-0.2, -0.15) is 5.10 Å². The Morgan fingerprint density at radius 1 is 1.07 bits per heavy atom. The largest absolute Gasteiger partial charge is 0.497 e. The first-order valence-corrected chi connectivity index (χ1v) is 10.6. The standard InChI is InChI=1S/C22H22Cl2N4O2/c1-30-17-8-5-15(6-9-17)21-18(22(29)26-27-11-3-2-4-12-27)14-25-28(21)20-10-7-16(23)13-19(20)24/h5-10,13-14H,2-4,11-12H2,1H3,(H,26,29). The fourth-order valence-corrected chi connectivity index (χ4v) is 4.08. The van der Waals surface area contributed by atoms with Crippen LogP contribution in [0.1, 0.15) is 29.6 Å². The first-order chi connectivity index (χ1) is 14.6. The number of carbonyl (C=O) groups excluding carboxylic acids is 1. The van der Waals surface area contributed by atoms with Gasteiger partial charge < -0.3 is 4.74 Å². The van der Waals surface area contributed by atoms with Gasteiger partial charge in [-0.15, -0.1) is 0 Å². The molecule has 3 aromatic rings. The van der Waals surface area contributed by atoms with Crippen molar-refractivity contribution in [2.24, 2.45) is 0 Å². The number of hydrogen-bond donors (Lipinski definition) is 1. The lowest BCUT2D eigenvalue weighted by atomic mass is 10.1. The Morgan fingerprint density at radius 2 is 1.80 bits per heavy atom. The van der Waals surface area contributed by atoms with Crippen LogP contribution >= 0.6 is 23.2 Å². The highest BCUT2D eigenvalue weighted by atomic mass is 35.5. The lowest BCUT2D eigenvalue weighted by molar-refractivity contribution is 0.0751. The van der Waals surface area contributed by atoms with E-state index in [1.54, 1.807) is 36.2 Å². The molecule has 156 valence electrons. The molecule has 0 bridgehead atoms. The number of carbonyl (C=O) groups is 1. The Kier molecular flexibility index (Phi) is 6.27. The monoisotopic (exact) mass is 444 g/mol. The highest BCUT2D eigenvalue weighted by molar-refractivity contribution is 6.35. The zero-order chi connectivity index (χ0) is 21.1. The number of ether oxygens (including phenoxy) is 1. The van der Waals surface area contributed by atoms with E-state index < -0.39 is 0 Å². The third-order valence-electron chi connectivity index (χ3n) is 5.13. The van der Waals surface area contributed by atoms with Crippen molar-refractivity contribution in [3.8, 4) is 22.7 Å². The van der Waals surface area contributed by atoms with Crippen LogP contribution in [-0.4, -0.2) is 40.9 Å². The van der Waals surface area contributed by atoms with Crippen LogP contribution in [0.4, 0.5) is 0 Å².